The number of hydrogen-bond donors (Lipinski definition) is 0. The SMILES string of the molecule is CC1(C)OB(C(CCCC#N)C2CCCCC2)OC1(C)C. The molecule has 1 unspecified atom stereocenters. The van der Waals surface area contributed by atoms with Gasteiger partial charge in [-0.05, 0) is 45.9 Å². The van der Waals surface area contributed by atoms with Crippen molar-refractivity contribution in [2.45, 2.75) is 96.1 Å². The van der Waals surface area contributed by atoms with Crippen molar-refractivity contribution >= 4 is 7.12 Å². The van der Waals surface area contributed by atoms with Crippen LogP contribution in [0.5, 0.6) is 0 Å². The highest BCUT2D eigenvalue weighted by Crippen LogP contribution is 2.46. The lowest BCUT2D eigenvalue weighted by Gasteiger charge is -2.32. The summed E-state index contributed by atoms with van der Waals surface area (Å²) in [7, 11) is -0.100. The van der Waals surface area contributed by atoms with Crippen molar-refractivity contribution in [2.24, 2.45) is 5.92 Å². The van der Waals surface area contributed by atoms with Crippen LogP contribution in [0.3, 0.4) is 0 Å². The Morgan fingerprint density at radius 2 is 1.67 bits per heavy atom. The van der Waals surface area contributed by atoms with Crippen molar-refractivity contribution in [3.8, 4) is 6.07 Å². The number of nitrogens with zero attached hydrogens (tertiary/aromatic N) is 1. The summed E-state index contributed by atoms with van der Waals surface area (Å²) < 4.78 is 12.6. The van der Waals surface area contributed by atoms with Crippen molar-refractivity contribution in [3.05, 3.63) is 0 Å². The first-order valence-electron chi connectivity index (χ1n) is 8.60. The summed E-state index contributed by atoms with van der Waals surface area (Å²) in [5.74, 6) is 1.15. The van der Waals surface area contributed by atoms with Crippen LogP contribution in [-0.2, 0) is 9.31 Å². The first kappa shape index (κ1) is 16.8. The van der Waals surface area contributed by atoms with Crippen molar-refractivity contribution in [2.75, 3.05) is 0 Å². The predicted octanol–water partition coefficient (Wildman–Crippen LogP) is 4.72. The molecule has 118 valence electrons. The van der Waals surface area contributed by atoms with Crippen LogP contribution in [0.2, 0.25) is 5.82 Å². The molecule has 1 saturated heterocycles. The predicted molar refractivity (Wildman–Crippen MR) is 85.9 cm³/mol. The molecule has 0 aromatic rings. The van der Waals surface area contributed by atoms with Crippen LogP contribution in [0.15, 0.2) is 0 Å². The molecule has 0 bridgehead atoms. The first-order chi connectivity index (χ1) is 9.87. The molecule has 2 rings (SSSR count). The van der Waals surface area contributed by atoms with Gasteiger partial charge in [0.2, 0.25) is 0 Å². The Morgan fingerprint density at radius 3 is 2.19 bits per heavy atom. The molecule has 1 aliphatic carbocycles. The monoisotopic (exact) mass is 291 g/mol. The highest BCUT2D eigenvalue weighted by atomic mass is 16.7. The zero-order chi connectivity index (χ0) is 15.5. The second kappa shape index (κ2) is 6.71. The first-order valence-corrected chi connectivity index (χ1v) is 8.60. The number of hydrogen-bond acceptors (Lipinski definition) is 3. The van der Waals surface area contributed by atoms with E-state index in [-0.39, 0.29) is 18.3 Å². The fourth-order valence-electron chi connectivity index (χ4n) is 3.64. The van der Waals surface area contributed by atoms with Gasteiger partial charge in [0.25, 0.3) is 0 Å². The summed E-state index contributed by atoms with van der Waals surface area (Å²) in [4.78, 5) is 0. The summed E-state index contributed by atoms with van der Waals surface area (Å²) >= 11 is 0. The fourth-order valence-corrected chi connectivity index (χ4v) is 3.64. The van der Waals surface area contributed by atoms with Gasteiger partial charge in [0.1, 0.15) is 0 Å². The fraction of sp³-hybridized carbons (Fsp3) is 0.941. The van der Waals surface area contributed by atoms with E-state index < -0.39 is 0 Å². The molecule has 1 atom stereocenters. The van der Waals surface area contributed by atoms with E-state index in [0.29, 0.717) is 18.2 Å². The summed E-state index contributed by atoms with van der Waals surface area (Å²) in [5, 5.41) is 8.81. The van der Waals surface area contributed by atoms with Crippen molar-refractivity contribution in [1.29, 1.82) is 5.26 Å². The van der Waals surface area contributed by atoms with Gasteiger partial charge in [-0.1, -0.05) is 38.5 Å². The van der Waals surface area contributed by atoms with E-state index in [2.05, 4.69) is 33.8 Å². The Kier molecular flexibility index (Phi) is 5.38. The van der Waals surface area contributed by atoms with E-state index in [1.165, 1.54) is 32.1 Å². The minimum atomic E-state index is -0.250. The molecule has 1 saturated carbocycles. The van der Waals surface area contributed by atoms with Crippen molar-refractivity contribution in [3.63, 3.8) is 0 Å². The number of rotatable bonds is 5. The van der Waals surface area contributed by atoms with Crippen LogP contribution in [0.25, 0.3) is 0 Å². The minimum Gasteiger partial charge on any atom is -0.403 e. The molecule has 1 aliphatic heterocycles. The molecule has 21 heavy (non-hydrogen) atoms. The lowest BCUT2D eigenvalue weighted by Crippen LogP contribution is -2.41. The third kappa shape index (κ3) is 3.82. The molecule has 1 heterocycles. The normalized spacial score (nSPS) is 26.5. The maximum Gasteiger partial charge on any atom is 0.461 e. The van der Waals surface area contributed by atoms with E-state index in [4.69, 9.17) is 14.6 Å². The van der Waals surface area contributed by atoms with Gasteiger partial charge in [-0.15, -0.1) is 0 Å². The second-order valence-electron chi connectivity index (χ2n) is 7.74. The Hall–Kier alpha value is -0.525. The topological polar surface area (TPSA) is 42.2 Å². The summed E-state index contributed by atoms with van der Waals surface area (Å²) in [6.45, 7) is 8.50. The van der Waals surface area contributed by atoms with Gasteiger partial charge in [-0.3, -0.25) is 0 Å². The largest absolute Gasteiger partial charge is 0.461 e. The molecule has 4 heteroatoms. The van der Waals surface area contributed by atoms with E-state index in [1.807, 2.05) is 0 Å². The molecule has 0 amide bonds. The Morgan fingerprint density at radius 1 is 1.10 bits per heavy atom. The van der Waals surface area contributed by atoms with Gasteiger partial charge < -0.3 is 9.31 Å². The van der Waals surface area contributed by atoms with Crippen molar-refractivity contribution in [1.82, 2.24) is 0 Å². The standard InChI is InChI=1S/C17H30BNO2/c1-16(2)17(3,4)21-18(20-16)15(12-8-9-13-19)14-10-6-5-7-11-14/h14-15H,5-12H2,1-4H3. The van der Waals surface area contributed by atoms with Crippen LogP contribution < -0.4 is 0 Å². The van der Waals surface area contributed by atoms with Crippen molar-refractivity contribution < 1.29 is 9.31 Å². The lowest BCUT2D eigenvalue weighted by molar-refractivity contribution is 0.00578. The van der Waals surface area contributed by atoms with E-state index in [9.17, 15) is 0 Å². The third-order valence-electron chi connectivity index (χ3n) is 5.70. The average Bonchev–Trinajstić information content (AvgIpc) is 2.64. The molecule has 0 spiro atoms. The number of nitriles is 1. The Balaban J connectivity index is 2.06. The molecule has 0 aromatic heterocycles. The van der Waals surface area contributed by atoms with Gasteiger partial charge in [0.15, 0.2) is 0 Å². The Labute approximate surface area is 130 Å². The smallest absolute Gasteiger partial charge is 0.403 e. The molecule has 0 radical (unpaired) electrons. The lowest BCUT2D eigenvalue weighted by atomic mass is 9.59. The maximum absolute atomic E-state index is 8.81. The molecular weight excluding hydrogens is 261 g/mol. The van der Waals surface area contributed by atoms with Crippen LogP contribution in [0, 0.1) is 17.2 Å². The third-order valence-corrected chi connectivity index (χ3v) is 5.70. The summed E-state index contributed by atoms with van der Waals surface area (Å²) in [6.07, 6.45) is 9.27. The van der Waals surface area contributed by atoms with Gasteiger partial charge in [-0.25, -0.2) is 0 Å². The second-order valence-corrected chi connectivity index (χ2v) is 7.74. The summed E-state index contributed by atoms with van der Waals surface area (Å²) in [6, 6.07) is 2.27. The zero-order valence-corrected chi connectivity index (χ0v) is 14.2. The zero-order valence-electron chi connectivity index (χ0n) is 14.2. The maximum atomic E-state index is 8.81. The quantitative estimate of drug-likeness (QED) is 0.543. The molecule has 0 N–H and O–H groups in total. The van der Waals surface area contributed by atoms with E-state index >= 15 is 0 Å². The van der Waals surface area contributed by atoms with E-state index in [1.54, 1.807) is 0 Å². The van der Waals surface area contributed by atoms with Gasteiger partial charge in [-0.2, -0.15) is 5.26 Å². The van der Waals surface area contributed by atoms with Gasteiger partial charge in [0, 0.05) is 6.42 Å². The van der Waals surface area contributed by atoms with E-state index in [0.717, 1.165) is 12.8 Å². The van der Waals surface area contributed by atoms with Gasteiger partial charge >= 0.3 is 7.12 Å². The highest BCUT2D eigenvalue weighted by Gasteiger charge is 2.54. The average molecular weight is 291 g/mol. The summed E-state index contributed by atoms with van der Waals surface area (Å²) in [5.41, 5.74) is -0.500. The Bertz CT molecular complexity index is 367. The molecule has 2 fully saturated rings. The van der Waals surface area contributed by atoms with Crippen LogP contribution in [0.1, 0.15) is 79.1 Å². The molecule has 2 aliphatic rings. The molecular formula is C17H30BNO2. The van der Waals surface area contributed by atoms with Crippen LogP contribution in [-0.4, -0.2) is 18.3 Å². The highest BCUT2D eigenvalue weighted by molar-refractivity contribution is 6.47. The number of unbranched alkanes of at least 4 members (excludes halogenated alkanes) is 1. The van der Waals surface area contributed by atoms with Gasteiger partial charge in [0.05, 0.1) is 17.3 Å². The molecule has 3 nitrogen and oxygen atoms in total. The minimum absolute atomic E-state index is 0.100. The molecule has 0 aromatic carbocycles. The van der Waals surface area contributed by atoms with Crippen LogP contribution >= 0.6 is 0 Å². The van der Waals surface area contributed by atoms with Crippen LogP contribution in [0.4, 0.5) is 0 Å².